The van der Waals surface area contributed by atoms with Crippen molar-refractivity contribution in [2.24, 2.45) is 28.6 Å². The molecule has 5 aliphatic rings. The summed E-state index contributed by atoms with van der Waals surface area (Å²) >= 11 is 0. The molecule has 1 aliphatic heterocycles. The lowest BCUT2D eigenvalue weighted by molar-refractivity contribution is -0.161. The summed E-state index contributed by atoms with van der Waals surface area (Å²) in [6.07, 6.45) is 4.63. The Kier molecular flexibility index (Phi) is 2.83. The molecule has 3 fully saturated rings. The zero-order valence-electron chi connectivity index (χ0n) is 14.3. The SMILES string of the molecule is COC(=O)[C@@]1(C)C[C@@H]2[C@@H]3C=C[C@](C)([C@@H]2C1=O)[C@H]1OC(C)(C)O[C@@H]31. The highest BCUT2D eigenvalue weighted by atomic mass is 16.8. The van der Waals surface area contributed by atoms with Crippen LogP contribution in [0, 0.1) is 28.6 Å². The molecule has 0 aromatic heterocycles. The summed E-state index contributed by atoms with van der Waals surface area (Å²) in [4.78, 5) is 25.4. The van der Waals surface area contributed by atoms with E-state index in [9.17, 15) is 9.59 Å². The number of carbonyl (C=O) groups is 2. The Morgan fingerprint density at radius 2 is 1.96 bits per heavy atom. The van der Waals surface area contributed by atoms with Gasteiger partial charge < -0.3 is 14.2 Å². The van der Waals surface area contributed by atoms with Crippen molar-refractivity contribution in [3.63, 3.8) is 0 Å². The van der Waals surface area contributed by atoms with Gasteiger partial charge in [0.2, 0.25) is 0 Å². The highest BCUT2D eigenvalue weighted by Crippen LogP contribution is 2.64. The number of methoxy groups -OCH3 is 1. The lowest BCUT2D eigenvalue weighted by Crippen LogP contribution is -2.59. The van der Waals surface area contributed by atoms with E-state index >= 15 is 0 Å². The Balaban J connectivity index is 1.78. The van der Waals surface area contributed by atoms with E-state index in [1.807, 2.05) is 13.8 Å². The molecule has 2 saturated carbocycles. The summed E-state index contributed by atoms with van der Waals surface area (Å²) in [5, 5.41) is 0. The molecule has 0 N–H and O–H groups in total. The van der Waals surface area contributed by atoms with Crippen molar-refractivity contribution in [2.75, 3.05) is 7.11 Å². The fraction of sp³-hybridized carbons (Fsp3) is 0.778. The van der Waals surface area contributed by atoms with Crippen LogP contribution in [0.25, 0.3) is 0 Å². The number of ketones is 1. The van der Waals surface area contributed by atoms with Gasteiger partial charge in [0.25, 0.3) is 0 Å². The molecule has 0 aromatic carbocycles. The Morgan fingerprint density at radius 1 is 1.26 bits per heavy atom. The molecule has 0 amide bonds. The number of Topliss-reactive ketones (excluding diaryl/α,β-unsaturated/α-hetero) is 1. The molecule has 7 atom stereocenters. The topological polar surface area (TPSA) is 61.8 Å². The Morgan fingerprint density at radius 3 is 2.61 bits per heavy atom. The maximum absolute atomic E-state index is 13.2. The summed E-state index contributed by atoms with van der Waals surface area (Å²) in [6, 6.07) is 0. The maximum atomic E-state index is 13.2. The molecule has 1 heterocycles. The van der Waals surface area contributed by atoms with Crippen molar-refractivity contribution in [3.8, 4) is 0 Å². The van der Waals surface area contributed by atoms with Gasteiger partial charge in [-0.25, -0.2) is 0 Å². The molecule has 0 aromatic rings. The van der Waals surface area contributed by atoms with Crippen molar-refractivity contribution in [3.05, 3.63) is 12.2 Å². The maximum Gasteiger partial charge on any atom is 0.319 e. The minimum Gasteiger partial charge on any atom is -0.468 e. The first kappa shape index (κ1) is 15.3. The molecule has 5 heteroatoms. The zero-order chi connectivity index (χ0) is 16.8. The predicted molar refractivity (Wildman–Crippen MR) is 81.3 cm³/mol. The average Bonchev–Trinajstić information content (AvgIpc) is 2.96. The van der Waals surface area contributed by atoms with Crippen LogP contribution in [0.3, 0.4) is 0 Å². The van der Waals surface area contributed by atoms with Crippen molar-refractivity contribution in [1.82, 2.24) is 0 Å². The summed E-state index contributed by atoms with van der Waals surface area (Å²) < 4.78 is 17.2. The second kappa shape index (κ2) is 4.25. The number of ether oxygens (including phenoxy) is 3. The van der Waals surface area contributed by atoms with Crippen LogP contribution in [0.15, 0.2) is 12.2 Å². The Hall–Kier alpha value is -1.20. The smallest absolute Gasteiger partial charge is 0.319 e. The van der Waals surface area contributed by atoms with E-state index in [4.69, 9.17) is 14.2 Å². The monoisotopic (exact) mass is 320 g/mol. The van der Waals surface area contributed by atoms with E-state index in [-0.39, 0.29) is 35.7 Å². The van der Waals surface area contributed by atoms with Crippen molar-refractivity contribution in [2.45, 2.75) is 52.1 Å². The molecule has 5 rings (SSSR count). The molecule has 0 radical (unpaired) electrons. The van der Waals surface area contributed by atoms with Gasteiger partial charge in [-0.15, -0.1) is 0 Å². The van der Waals surface area contributed by atoms with Crippen LogP contribution in [0.1, 0.15) is 34.1 Å². The lowest BCUT2D eigenvalue weighted by atomic mass is 9.53. The largest absolute Gasteiger partial charge is 0.468 e. The molecule has 126 valence electrons. The summed E-state index contributed by atoms with van der Waals surface area (Å²) in [5.74, 6) is -1.04. The summed E-state index contributed by atoms with van der Waals surface area (Å²) in [6.45, 7) is 7.64. The lowest BCUT2D eigenvalue weighted by Gasteiger charge is -2.53. The zero-order valence-corrected chi connectivity index (χ0v) is 14.3. The quantitative estimate of drug-likeness (QED) is 0.421. The number of carbonyl (C=O) groups excluding carboxylic acids is 2. The van der Waals surface area contributed by atoms with E-state index in [0.717, 1.165) is 0 Å². The molecule has 23 heavy (non-hydrogen) atoms. The number of esters is 1. The minimum absolute atomic E-state index is 0.00189. The van der Waals surface area contributed by atoms with E-state index in [2.05, 4.69) is 19.1 Å². The van der Waals surface area contributed by atoms with Crippen LogP contribution in [0.5, 0.6) is 0 Å². The van der Waals surface area contributed by atoms with E-state index < -0.39 is 22.6 Å². The Bertz CT molecular complexity index is 623. The van der Waals surface area contributed by atoms with Crippen molar-refractivity contribution < 1.29 is 23.8 Å². The molecule has 1 saturated heterocycles. The molecule has 0 unspecified atom stereocenters. The number of hydrogen-bond donors (Lipinski definition) is 0. The van der Waals surface area contributed by atoms with Gasteiger partial charge in [0, 0.05) is 17.3 Å². The van der Waals surface area contributed by atoms with Crippen molar-refractivity contribution >= 4 is 11.8 Å². The van der Waals surface area contributed by atoms with Crippen molar-refractivity contribution in [1.29, 1.82) is 0 Å². The minimum atomic E-state index is -1.05. The Labute approximate surface area is 136 Å². The highest BCUT2D eigenvalue weighted by molar-refractivity contribution is 6.07. The standard InChI is InChI=1S/C18H24O5/c1-16(2)22-12-9-6-7-17(3,14(12)23-16)11-10(9)8-18(4,13(11)19)15(20)21-5/h6-7,9-12,14H,8H2,1-5H3/t9-,10+,11-,12-,14-,17+,18-/m0/s1. The summed E-state index contributed by atoms with van der Waals surface area (Å²) in [5.41, 5.74) is -1.48. The second-order valence-electron chi connectivity index (χ2n) is 8.36. The fourth-order valence-electron chi connectivity index (χ4n) is 5.48. The van der Waals surface area contributed by atoms with Crippen LogP contribution in [0.2, 0.25) is 0 Å². The van der Waals surface area contributed by atoms with Gasteiger partial charge in [0.1, 0.15) is 5.41 Å². The first-order valence-corrected chi connectivity index (χ1v) is 8.32. The first-order chi connectivity index (χ1) is 10.6. The van der Waals surface area contributed by atoms with Gasteiger partial charge in [-0.3, -0.25) is 9.59 Å². The van der Waals surface area contributed by atoms with Crippen LogP contribution < -0.4 is 0 Å². The highest BCUT2D eigenvalue weighted by Gasteiger charge is 2.71. The number of hydrogen-bond acceptors (Lipinski definition) is 5. The van der Waals surface area contributed by atoms with E-state index in [1.54, 1.807) is 6.92 Å². The third-order valence-corrected chi connectivity index (χ3v) is 6.50. The molecule has 0 spiro atoms. The average molecular weight is 320 g/mol. The molecule has 5 nitrogen and oxygen atoms in total. The van der Waals surface area contributed by atoms with Gasteiger partial charge in [0.05, 0.1) is 19.3 Å². The predicted octanol–water partition coefficient (Wildman–Crippen LogP) is 2.10. The van der Waals surface area contributed by atoms with Gasteiger partial charge >= 0.3 is 5.97 Å². The van der Waals surface area contributed by atoms with Crippen LogP contribution in [-0.2, 0) is 23.8 Å². The molecule has 4 aliphatic carbocycles. The normalized spacial score (nSPS) is 52.4. The van der Waals surface area contributed by atoms with Crippen LogP contribution >= 0.6 is 0 Å². The van der Waals surface area contributed by atoms with E-state index in [0.29, 0.717) is 6.42 Å². The van der Waals surface area contributed by atoms with E-state index in [1.165, 1.54) is 7.11 Å². The molecular weight excluding hydrogens is 296 g/mol. The number of rotatable bonds is 1. The summed E-state index contributed by atoms with van der Waals surface area (Å²) in [7, 11) is 1.35. The fourth-order valence-corrected chi connectivity index (χ4v) is 5.48. The van der Waals surface area contributed by atoms with Gasteiger partial charge in [0.15, 0.2) is 11.6 Å². The third kappa shape index (κ3) is 1.70. The van der Waals surface area contributed by atoms with Gasteiger partial charge in [-0.05, 0) is 33.1 Å². The van der Waals surface area contributed by atoms with Gasteiger partial charge in [-0.2, -0.15) is 0 Å². The first-order valence-electron chi connectivity index (χ1n) is 8.32. The van der Waals surface area contributed by atoms with Crippen LogP contribution in [-0.4, -0.2) is 36.9 Å². The van der Waals surface area contributed by atoms with Crippen LogP contribution in [0.4, 0.5) is 0 Å². The molecule has 2 bridgehead atoms. The van der Waals surface area contributed by atoms with Gasteiger partial charge in [-0.1, -0.05) is 19.1 Å². The molecular formula is C18H24O5. The second-order valence-corrected chi connectivity index (χ2v) is 8.36. The third-order valence-electron chi connectivity index (χ3n) is 6.50.